The van der Waals surface area contributed by atoms with Crippen molar-refractivity contribution in [2.24, 2.45) is 11.3 Å². The van der Waals surface area contributed by atoms with E-state index in [1.165, 1.54) is 37.8 Å². The second kappa shape index (κ2) is 6.60. The molecule has 2 fully saturated rings. The molecule has 2 aliphatic rings. The van der Waals surface area contributed by atoms with E-state index < -0.39 is 0 Å². The summed E-state index contributed by atoms with van der Waals surface area (Å²) in [5, 5.41) is 2.98. The molecule has 1 aromatic rings. The lowest BCUT2D eigenvalue weighted by molar-refractivity contribution is -0.125. The summed E-state index contributed by atoms with van der Waals surface area (Å²) in [7, 11) is 0. The highest BCUT2D eigenvalue weighted by atomic mass is 19.1. The minimum Gasteiger partial charge on any atom is -0.351 e. The molecular formula is C19H27FN2O. The number of nitrogens with zero attached hydrogens (tertiary/aromatic N) is 1. The molecule has 1 aliphatic carbocycles. The van der Waals surface area contributed by atoms with Gasteiger partial charge < -0.3 is 5.32 Å². The van der Waals surface area contributed by atoms with Crippen LogP contribution in [0.4, 0.5) is 4.39 Å². The van der Waals surface area contributed by atoms with Crippen LogP contribution in [0.1, 0.15) is 45.1 Å². The molecule has 0 radical (unpaired) electrons. The summed E-state index contributed by atoms with van der Waals surface area (Å²) in [6, 6.07) is 6.19. The molecule has 126 valence electrons. The third-order valence-corrected chi connectivity index (χ3v) is 5.72. The van der Waals surface area contributed by atoms with E-state index in [9.17, 15) is 9.18 Å². The van der Waals surface area contributed by atoms with Crippen LogP contribution in [0.2, 0.25) is 0 Å². The summed E-state index contributed by atoms with van der Waals surface area (Å²) >= 11 is 0. The van der Waals surface area contributed by atoms with Crippen LogP contribution in [0, 0.1) is 17.2 Å². The molecule has 3 nitrogen and oxygen atoms in total. The van der Waals surface area contributed by atoms with Gasteiger partial charge in [0.25, 0.3) is 0 Å². The zero-order valence-corrected chi connectivity index (χ0v) is 14.1. The fraction of sp³-hybridized carbons (Fsp3) is 0.632. The zero-order valence-electron chi connectivity index (χ0n) is 14.1. The zero-order chi connectivity index (χ0) is 16.4. The van der Waals surface area contributed by atoms with E-state index >= 15 is 0 Å². The van der Waals surface area contributed by atoms with E-state index in [0.29, 0.717) is 12.0 Å². The predicted molar refractivity (Wildman–Crippen MR) is 89.3 cm³/mol. The first-order valence-electron chi connectivity index (χ1n) is 8.74. The van der Waals surface area contributed by atoms with Crippen LogP contribution in [0.25, 0.3) is 0 Å². The fourth-order valence-electron chi connectivity index (χ4n) is 4.27. The van der Waals surface area contributed by atoms with Gasteiger partial charge in [-0.25, -0.2) is 4.39 Å². The summed E-state index contributed by atoms with van der Waals surface area (Å²) in [5.41, 5.74) is 1.39. The van der Waals surface area contributed by atoms with E-state index in [0.717, 1.165) is 24.6 Å². The van der Waals surface area contributed by atoms with Gasteiger partial charge in [0, 0.05) is 13.1 Å². The minimum atomic E-state index is -0.249. The Morgan fingerprint density at radius 2 is 2.13 bits per heavy atom. The van der Waals surface area contributed by atoms with Gasteiger partial charge in [0.05, 0.1) is 6.04 Å². The summed E-state index contributed by atoms with van der Waals surface area (Å²) < 4.78 is 12.9. The van der Waals surface area contributed by atoms with Gasteiger partial charge in [-0.1, -0.05) is 25.5 Å². The molecule has 0 aromatic heterocycles. The average Bonchev–Trinajstić information content (AvgIpc) is 3.12. The maximum atomic E-state index is 12.9. The molecule has 3 atom stereocenters. The van der Waals surface area contributed by atoms with Crippen LogP contribution in [-0.2, 0) is 11.3 Å². The fourth-order valence-corrected chi connectivity index (χ4v) is 4.27. The third-order valence-electron chi connectivity index (χ3n) is 5.72. The van der Waals surface area contributed by atoms with Crippen molar-refractivity contribution in [3.8, 4) is 0 Å². The number of hydrogen-bond acceptors (Lipinski definition) is 2. The van der Waals surface area contributed by atoms with E-state index in [1.807, 2.05) is 6.92 Å². The highest BCUT2D eigenvalue weighted by Crippen LogP contribution is 2.48. The standard InChI is InChI=1S/C19H27FN2O/c1-14-7-8-19(11-14)9-10-22(13-19)15(2)18(23)21-12-16-3-5-17(20)6-4-16/h3-6,14-15H,7-13H2,1-2H3,(H,21,23). The third kappa shape index (κ3) is 3.74. The van der Waals surface area contributed by atoms with Crippen molar-refractivity contribution in [1.82, 2.24) is 10.2 Å². The van der Waals surface area contributed by atoms with Crippen molar-refractivity contribution >= 4 is 5.91 Å². The molecular weight excluding hydrogens is 291 g/mol. The first-order valence-corrected chi connectivity index (χ1v) is 8.74. The predicted octanol–water partition coefficient (Wildman–Crippen LogP) is 3.34. The molecule has 0 bridgehead atoms. The average molecular weight is 318 g/mol. The highest BCUT2D eigenvalue weighted by molar-refractivity contribution is 5.81. The number of hydrogen-bond donors (Lipinski definition) is 1. The van der Waals surface area contributed by atoms with Gasteiger partial charge in [0.1, 0.15) is 5.82 Å². The van der Waals surface area contributed by atoms with Crippen LogP contribution in [0.3, 0.4) is 0 Å². The molecule has 1 saturated heterocycles. The number of halogens is 1. The number of carbonyl (C=O) groups excluding carboxylic acids is 1. The van der Waals surface area contributed by atoms with Crippen LogP contribution in [-0.4, -0.2) is 29.9 Å². The molecule has 1 saturated carbocycles. The Balaban J connectivity index is 1.51. The van der Waals surface area contributed by atoms with Crippen molar-refractivity contribution < 1.29 is 9.18 Å². The Labute approximate surface area is 138 Å². The Morgan fingerprint density at radius 3 is 2.78 bits per heavy atom. The van der Waals surface area contributed by atoms with Crippen LogP contribution >= 0.6 is 0 Å². The molecule has 3 rings (SSSR count). The smallest absolute Gasteiger partial charge is 0.237 e. The summed E-state index contributed by atoms with van der Waals surface area (Å²) in [5.74, 6) is 0.650. The van der Waals surface area contributed by atoms with Gasteiger partial charge >= 0.3 is 0 Å². The molecule has 23 heavy (non-hydrogen) atoms. The minimum absolute atomic E-state index is 0.0671. The Bertz CT molecular complexity index is 559. The SMILES string of the molecule is CC1CCC2(CCN(C(C)C(=O)NCc3ccc(F)cc3)C2)C1. The second-order valence-electron chi connectivity index (χ2n) is 7.59. The van der Waals surface area contributed by atoms with E-state index in [1.54, 1.807) is 12.1 Å². The number of amides is 1. The number of carbonyl (C=O) groups is 1. The maximum Gasteiger partial charge on any atom is 0.237 e. The lowest BCUT2D eigenvalue weighted by Gasteiger charge is -2.27. The van der Waals surface area contributed by atoms with Crippen LogP contribution in [0.15, 0.2) is 24.3 Å². The normalized spacial score (nSPS) is 29.1. The lowest BCUT2D eigenvalue weighted by Crippen LogP contribution is -2.44. The van der Waals surface area contributed by atoms with Crippen LogP contribution in [0.5, 0.6) is 0 Å². The van der Waals surface area contributed by atoms with Crippen LogP contribution < -0.4 is 5.32 Å². The topological polar surface area (TPSA) is 32.3 Å². The van der Waals surface area contributed by atoms with Crippen molar-refractivity contribution in [2.45, 2.75) is 52.1 Å². The first-order chi connectivity index (χ1) is 11.0. The van der Waals surface area contributed by atoms with Gasteiger partial charge in [-0.2, -0.15) is 0 Å². The van der Waals surface area contributed by atoms with E-state index in [2.05, 4.69) is 17.1 Å². The maximum absolute atomic E-state index is 12.9. The van der Waals surface area contributed by atoms with Gasteiger partial charge in [-0.15, -0.1) is 0 Å². The van der Waals surface area contributed by atoms with Gasteiger partial charge in [-0.05, 0) is 61.8 Å². The molecule has 1 amide bonds. The molecule has 1 aromatic carbocycles. The Hall–Kier alpha value is -1.42. The molecule has 3 unspecified atom stereocenters. The van der Waals surface area contributed by atoms with Gasteiger partial charge in [0.2, 0.25) is 5.91 Å². The lowest BCUT2D eigenvalue weighted by atomic mass is 9.85. The molecule has 4 heteroatoms. The first kappa shape index (κ1) is 16.4. The molecule has 1 aliphatic heterocycles. The molecule has 1 heterocycles. The molecule has 1 N–H and O–H groups in total. The number of rotatable bonds is 4. The second-order valence-corrected chi connectivity index (χ2v) is 7.59. The Morgan fingerprint density at radius 1 is 1.39 bits per heavy atom. The van der Waals surface area contributed by atoms with Crippen molar-refractivity contribution in [2.75, 3.05) is 13.1 Å². The molecule has 1 spiro atoms. The highest BCUT2D eigenvalue weighted by Gasteiger charge is 2.44. The van der Waals surface area contributed by atoms with Gasteiger partial charge in [-0.3, -0.25) is 9.69 Å². The van der Waals surface area contributed by atoms with E-state index in [4.69, 9.17) is 0 Å². The largest absolute Gasteiger partial charge is 0.351 e. The number of nitrogens with one attached hydrogen (secondary N) is 1. The number of likely N-dealkylation sites (tertiary alicyclic amines) is 1. The van der Waals surface area contributed by atoms with Crippen molar-refractivity contribution in [1.29, 1.82) is 0 Å². The quantitative estimate of drug-likeness (QED) is 0.923. The van der Waals surface area contributed by atoms with Gasteiger partial charge in [0.15, 0.2) is 0 Å². The summed E-state index contributed by atoms with van der Waals surface area (Å²) in [6.07, 6.45) is 5.19. The van der Waals surface area contributed by atoms with Crippen molar-refractivity contribution in [3.63, 3.8) is 0 Å². The van der Waals surface area contributed by atoms with Crippen molar-refractivity contribution in [3.05, 3.63) is 35.6 Å². The van der Waals surface area contributed by atoms with E-state index in [-0.39, 0.29) is 17.8 Å². The summed E-state index contributed by atoms with van der Waals surface area (Å²) in [4.78, 5) is 14.7. The Kier molecular flexibility index (Phi) is 4.72. The summed E-state index contributed by atoms with van der Waals surface area (Å²) in [6.45, 7) is 6.88. The number of benzene rings is 1. The monoisotopic (exact) mass is 318 g/mol.